The van der Waals surface area contributed by atoms with Crippen molar-refractivity contribution in [2.24, 2.45) is 0 Å². The normalized spacial score (nSPS) is 17.3. The van der Waals surface area contributed by atoms with E-state index in [9.17, 15) is 9.59 Å². The summed E-state index contributed by atoms with van der Waals surface area (Å²) >= 11 is 1.44. The summed E-state index contributed by atoms with van der Waals surface area (Å²) in [5.41, 5.74) is 4.77. The molecular weight excluding hydrogens is 470 g/mol. The van der Waals surface area contributed by atoms with Crippen molar-refractivity contribution in [3.05, 3.63) is 81.8 Å². The number of para-hydroxylation sites is 1. The summed E-state index contributed by atoms with van der Waals surface area (Å²) in [4.78, 5) is 31.2. The number of nitrogens with zero attached hydrogens (tertiary/aromatic N) is 4. The lowest BCUT2D eigenvalue weighted by Gasteiger charge is -2.26. The summed E-state index contributed by atoms with van der Waals surface area (Å²) in [5.74, 6) is 0.743. The van der Waals surface area contributed by atoms with Crippen molar-refractivity contribution in [1.29, 1.82) is 0 Å². The molecule has 4 aliphatic rings. The Bertz CT molecular complexity index is 1430. The Labute approximate surface area is 214 Å². The van der Waals surface area contributed by atoms with E-state index in [1.54, 1.807) is 0 Å². The Morgan fingerprint density at radius 2 is 1.83 bits per heavy atom. The van der Waals surface area contributed by atoms with Crippen LogP contribution in [0.3, 0.4) is 0 Å². The lowest BCUT2D eigenvalue weighted by Crippen LogP contribution is -2.32. The van der Waals surface area contributed by atoms with Crippen LogP contribution in [0, 0.1) is 0 Å². The molecular formula is C28H29N5O2S. The van der Waals surface area contributed by atoms with Crippen molar-refractivity contribution in [2.75, 3.05) is 5.75 Å². The number of aromatic nitrogens is 4. The van der Waals surface area contributed by atoms with Crippen molar-refractivity contribution in [2.45, 2.75) is 62.7 Å². The number of amides is 1. The zero-order chi connectivity index (χ0) is 24.5. The van der Waals surface area contributed by atoms with Crippen LogP contribution >= 0.6 is 11.8 Å². The summed E-state index contributed by atoms with van der Waals surface area (Å²) < 4.78 is 3.60. The molecule has 1 aliphatic carbocycles. The average Bonchev–Trinajstić information content (AvgIpc) is 3.07. The van der Waals surface area contributed by atoms with E-state index in [0.29, 0.717) is 11.4 Å². The van der Waals surface area contributed by atoms with E-state index in [0.717, 1.165) is 68.0 Å². The maximum atomic E-state index is 13.4. The van der Waals surface area contributed by atoms with Crippen LogP contribution in [-0.2, 0) is 24.2 Å². The highest BCUT2D eigenvalue weighted by atomic mass is 32.2. The van der Waals surface area contributed by atoms with Gasteiger partial charge in [0, 0.05) is 12.2 Å². The van der Waals surface area contributed by atoms with Crippen molar-refractivity contribution in [3.63, 3.8) is 0 Å². The zero-order valence-corrected chi connectivity index (χ0v) is 21.0. The second kappa shape index (κ2) is 9.93. The standard InChI is InChI=1S/C28H29N5O2S/c34-24(29-22-15-9-11-19-10-6-7-14-21(19)22)18-36-28-30-26-25(23-16-5-2-8-17-32(23)28)27(35)33(31-26)20-12-3-1-4-13-20/h1,3-4,6-7,10,12-14,22H,2,5,8-9,11,15-18H2,(H,29,34)/t22-/m1/s1. The third-order valence-corrected chi connectivity index (χ3v) is 8.18. The lowest BCUT2D eigenvalue weighted by molar-refractivity contribution is -0.119. The number of hydrogen-bond donors (Lipinski definition) is 1. The van der Waals surface area contributed by atoms with Gasteiger partial charge in [0.15, 0.2) is 11.0 Å². The fourth-order valence-electron chi connectivity index (χ4n) is 5.48. The van der Waals surface area contributed by atoms with Gasteiger partial charge in [-0.15, -0.1) is 5.10 Å². The largest absolute Gasteiger partial charge is 0.349 e. The van der Waals surface area contributed by atoms with Crippen LogP contribution < -0.4 is 10.9 Å². The first-order valence-corrected chi connectivity index (χ1v) is 13.8. The molecule has 0 fully saturated rings. The van der Waals surface area contributed by atoms with E-state index >= 15 is 0 Å². The van der Waals surface area contributed by atoms with Crippen LogP contribution in [0.1, 0.15) is 55.0 Å². The van der Waals surface area contributed by atoms with E-state index in [4.69, 9.17) is 4.98 Å². The monoisotopic (exact) mass is 499 g/mol. The topological polar surface area (TPSA) is 81.8 Å². The second-order valence-corrected chi connectivity index (χ2v) is 10.5. The summed E-state index contributed by atoms with van der Waals surface area (Å²) in [6.45, 7) is 0.800. The maximum Gasteiger partial charge on any atom is 0.284 e. The van der Waals surface area contributed by atoms with Crippen molar-refractivity contribution in [1.82, 2.24) is 24.6 Å². The zero-order valence-electron chi connectivity index (χ0n) is 20.2. The molecule has 36 heavy (non-hydrogen) atoms. The second-order valence-electron chi connectivity index (χ2n) is 9.55. The number of aryl methyl sites for hydroxylation is 1. The van der Waals surface area contributed by atoms with Crippen molar-refractivity contribution >= 4 is 17.7 Å². The SMILES string of the molecule is O=C(CSc1nc2nn(-c3ccccc3)c(=O)c-2c2n1CCCCC2)N[C@@H]1CCCc2ccccc21. The maximum absolute atomic E-state index is 13.4. The van der Waals surface area contributed by atoms with Gasteiger partial charge in [0.05, 0.1) is 17.5 Å². The van der Waals surface area contributed by atoms with Gasteiger partial charge in [-0.05, 0) is 61.8 Å². The molecule has 3 heterocycles. The van der Waals surface area contributed by atoms with Gasteiger partial charge in [-0.3, -0.25) is 9.59 Å². The number of rotatable bonds is 5. The first-order valence-electron chi connectivity index (χ1n) is 12.8. The minimum atomic E-state index is -0.125. The van der Waals surface area contributed by atoms with E-state index in [2.05, 4.69) is 33.2 Å². The van der Waals surface area contributed by atoms with Crippen LogP contribution in [0.2, 0.25) is 0 Å². The summed E-state index contributed by atoms with van der Waals surface area (Å²) in [6.07, 6.45) is 7.10. The molecule has 2 aromatic carbocycles. The molecule has 0 saturated heterocycles. The molecule has 7 nitrogen and oxygen atoms in total. The lowest BCUT2D eigenvalue weighted by atomic mass is 9.88. The van der Waals surface area contributed by atoms with Crippen molar-refractivity contribution in [3.8, 4) is 17.1 Å². The van der Waals surface area contributed by atoms with Gasteiger partial charge < -0.3 is 9.88 Å². The highest BCUT2D eigenvalue weighted by Crippen LogP contribution is 2.32. The number of hydrogen-bond acceptors (Lipinski definition) is 5. The number of carbonyl (C=O) groups excluding carboxylic acids is 1. The molecule has 0 unspecified atom stereocenters. The first kappa shape index (κ1) is 23.0. The predicted octanol–water partition coefficient (Wildman–Crippen LogP) is 4.55. The van der Waals surface area contributed by atoms with Gasteiger partial charge in [-0.2, -0.15) is 4.68 Å². The van der Waals surface area contributed by atoms with Gasteiger partial charge in [0.2, 0.25) is 5.91 Å². The van der Waals surface area contributed by atoms with Crippen molar-refractivity contribution < 1.29 is 4.79 Å². The third kappa shape index (κ3) is 4.34. The predicted molar refractivity (Wildman–Crippen MR) is 141 cm³/mol. The molecule has 1 N–H and O–H groups in total. The quantitative estimate of drug-likeness (QED) is 0.322. The minimum absolute atomic E-state index is 0.00546. The van der Waals surface area contributed by atoms with E-state index in [-0.39, 0.29) is 23.3 Å². The fourth-order valence-corrected chi connectivity index (χ4v) is 6.33. The Kier molecular flexibility index (Phi) is 6.35. The van der Waals surface area contributed by atoms with Gasteiger partial charge in [-0.1, -0.05) is 60.6 Å². The van der Waals surface area contributed by atoms with Gasteiger partial charge in [0.1, 0.15) is 5.56 Å². The Balaban J connectivity index is 1.29. The van der Waals surface area contributed by atoms with Crippen LogP contribution in [0.4, 0.5) is 0 Å². The Morgan fingerprint density at radius 1 is 1.00 bits per heavy atom. The van der Waals surface area contributed by atoms with Gasteiger partial charge >= 0.3 is 0 Å². The average molecular weight is 500 g/mol. The van der Waals surface area contributed by atoms with E-state index in [1.807, 2.05) is 36.4 Å². The number of fused-ring (bicyclic) bond motifs is 4. The highest BCUT2D eigenvalue weighted by molar-refractivity contribution is 7.99. The van der Waals surface area contributed by atoms with Gasteiger partial charge in [0.25, 0.3) is 5.56 Å². The molecule has 1 atom stereocenters. The molecule has 0 bridgehead atoms. The Morgan fingerprint density at radius 3 is 2.72 bits per heavy atom. The molecule has 184 valence electrons. The number of benzene rings is 2. The number of nitrogens with one attached hydrogen (secondary N) is 1. The Hall–Kier alpha value is -3.39. The third-order valence-electron chi connectivity index (χ3n) is 7.20. The molecule has 8 heteroatoms. The number of carbonyl (C=O) groups is 1. The first-order chi connectivity index (χ1) is 17.7. The van der Waals surface area contributed by atoms with Crippen LogP contribution in [-0.4, -0.2) is 31.0 Å². The van der Waals surface area contributed by atoms with E-state index < -0.39 is 0 Å². The number of thioether (sulfide) groups is 1. The summed E-state index contributed by atoms with van der Waals surface area (Å²) in [5, 5.41) is 8.60. The molecule has 0 radical (unpaired) electrons. The summed E-state index contributed by atoms with van der Waals surface area (Å²) in [7, 11) is 0. The molecule has 1 amide bonds. The molecule has 0 aromatic heterocycles. The smallest absolute Gasteiger partial charge is 0.284 e. The minimum Gasteiger partial charge on any atom is -0.349 e. The highest BCUT2D eigenvalue weighted by Gasteiger charge is 2.28. The molecule has 2 aromatic rings. The molecule has 0 spiro atoms. The van der Waals surface area contributed by atoms with Crippen LogP contribution in [0.15, 0.2) is 64.5 Å². The molecule has 3 aliphatic heterocycles. The van der Waals surface area contributed by atoms with E-state index in [1.165, 1.54) is 27.6 Å². The molecule has 0 saturated carbocycles. The van der Waals surface area contributed by atoms with Gasteiger partial charge in [-0.25, -0.2) is 4.98 Å². The fraction of sp³-hybridized carbons (Fsp3) is 0.357. The summed E-state index contributed by atoms with van der Waals surface area (Å²) in [6, 6.07) is 17.9. The molecule has 6 rings (SSSR count). The van der Waals surface area contributed by atoms with Crippen LogP contribution in [0.25, 0.3) is 17.1 Å². The van der Waals surface area contributed by atoms with Crippen LogP contribution in [0.5, 0.6) is 0 Å².